The molecule has 2 N–H and O–H groups in total. The maximum Gasteiger partial charge on any atom is 0.254 e. The molecule has 0 spiro atoms. The fourth-order valence-corrected chi connectivity index (χ4v) is 5.93. The van der Waals surface area contributed by atoms with E-state index < -0.39 is 15.7 Å². The number of halogens is 1. The Kier molecular flexibility index (Phi) is 7.42. The summed E-state index contributed by atoms with van der Waals surface area (Å²) in [4.78, 5) is 22.8. The van der Waals surface area contributed by atoms with E-state index in [-0.39, 0.29) is 40.6 Å². The van der Waals surface area contributed by atoms with Gasteiger partial charge in [-0.2, -0.15) is 0 Å². The SMILES string of the molecule is CCc1c(C(=O)N2CCOc3ccc(-c4ccc5nc(CNC)[nH]c5c4)cc3C2)ccc(S(=O)(=O)CC)c1F. The van der Waals surface area contributed by atoms with Gasteiger partial charge in [-0.25, -0.2) is 17.8 Å². The first-order valence-electron chi connectivity index (χ1n) is 13.0. The predicted octanol–water partition coefficient (Wildman–Crippen LogP) is 4.48. The second kappa shape index (κ2) is 10.8. The molecule has 10 heteroatoms. The summed E-state index contributed by atoms with van der Waals surface area (Å²) in [6, 6.07) is 14.6. The fourth-order valence-electron chi connectivity index (χ4n) is 4.95. The average molecular weight is 551 g/mol. The van der Waals surface area contributed by atoms with E-state index in [1.165, 1.54) is 19.1 Å². The van der Waals surface area contributed by atoms with E-state index in [1.54, 1.807) is 11.8 Å². The highest BCUT2D eigenvalue weighted by Crippen LogP contribution is 2.32. The van der Waals surface area contributed by atoms with Crippen molar-refractivity contribution in [3.05, 3.63) is 76.9 Å². The summed E-state index contributed by atoms with van der Waals surface area (Å²) in [7, 11) is -1.88. The minimum absolute atomic E-state index is 0.110. The Bertz CT molecular complexity index is 1670. The summed E-state index contributed by atoms with van der Waals surface area (Å²) in [5.74, 6) is 0.138. The highest BCUT2D eigenvalue weighted by molar-refractivity contribution is 7.91. The van der Waals surface area contributed by atoms with Crippen molar-refractivity contribution in [3.63, 3.8) is 0 Å². The molecule has 5 rings (SSSR count). The number of ether oxygens (including phenoxy) is 1. The van der Waals surface area contributed by atoms with E-state index >= 15 is 4.39 Å². The third kappa shape index (κ3) is 5.14. The zero-order chi connectivity index (χ0) is 27.7. The fraction of sp³-hybridized carbons (Fsp3) is 0.310. The Hall–Kier alpha value is -3.76. The van der Waals surface area contributed by atoms with Crippen molar-refractivity contribution in [1.29, 1.82) is 0 Å². The van der Waals surface area contributed by atoms with Crippen molar-refractivity contribution >= 4 is 26.8 Å². The van der Waals surface area contributed by atoms with Crippen LogP contribution in [0.25, 0.3) is 22.2 Å². The highest BCUT2D eigenvalue weighted by Gasteiger charge is 2.27. The Balaban J connectivity index is 1.46. The average Bonchev–Trinajstić information content (AvgIpc) is 3.21. The first-order valence-corrected chi connectivity index (χ1v) is 14.6. The number of nitrogens with one attached hydrogen (secondary N) is 2. The van der Waals surface area contributed by atoms with E-state index in [9.17, 15) is 13.2 Å². The maximum absolute atomic E-state index is 15.3. The monoisotopic (exact) mass is 550 g/mol. The van der Waals surface area contributed by atoms with Gasteiger partial charge < -0.3 is 19.9 Å². The molecule has 0 bridgehead atoms. The third-order valence-electron chi connectivity index (χ3n) is 7.04. The van der Waals surface area contributed by atoms with Crippen LogP contribution in [0, 0.1) is 5.82 Å². The number of hydrogen-bond donors (Lipinski definition) is 2. The molecule has 0 fully saturated rings. The van der Waals surface area contributed by atoms with Gasteiger partial charge in [0.1, 0.15) is 28.9 Å². The van der Waals surface area contributed by atoms with Crippen LogP contribution in [0.15, 0.2) is 53.4 Å². The number of nitrogens with zero attached hydrogens (tertiary/aromatic N) is 2. The number of aromatic nitrogens is 2. The lowest BCUT2D eigenvalue weighted by atomic mass is 10.0. The van der Waals surface area contributed by atoms with Gasteiger partial charge in [-0.1, -0.05) is 26.0 Å². The Morgan fingerprint density at radius 2 is 1.90 bits per heavy atom. The van der Waals surface area contributed by atoms with E-state index in [2.05, 4.69) is 15.3 Å². The molecule has 1 aliphatic heterocycles. The zero-order valence-corrected chi connectivity index (χ0v) is 23.0. The molecule has 1 amide bonds. The van der Waals surface area contributed by atoms with Crippen molar-refractivity contribution in [1.82, 2.24) is 20.2 Å². The molecule has 1 aliphatic rings. The molecule has 39 heavy (non-hydrogen) atoms. The quantitative estimate of drug-likeness (QED) is 0.352. The van der Waals surface area contributed by atoms with Gasteiger partial charge in [0, 0.05) is 23.2 Å². The van der Waals surface area contributed by atoms with Crippen molar-refractivity contribution in [2.45, 2.75) is 38.3 Å². The van der Waals surface area contributed by atoms with Crippen LogP contribution in [0.2, 0.25) is 0 Å². The van der Waals surface area contributed by atoms with Gasteiger partial charge in [0.05, 0.1) is 29.9 Å². The number of fused-ring (bicyclic) bond motifs is 2. The van der Waals surface area contributed by atoms with Crippen LogP contribution in [0.4, 0.5) is 4.39 Å². The van der Waals surface area contributed by atoms with Gasteiger partial charge >= 0.3 is 0 Å². The number of H-pyrrole nitrogens is 1. The summed E-state index contributed by atoms with van der Waals surface area (Å²) >= 11 is 0. The number of carbonyl (C=O) groups excluding carboxylic acids is 1. The van der Waals surface area contributed by atoms with Crippen LogP contribution in [-0.2, 0) is 29.3 Å². The Labute approximate surface area is 227 Å². The number of rotatable bonds is 7. The molecule has 204 valence electrons. The number of hydrogen-bond acceptors (Lipinski definition) is 6. The lowest BCUT2D eigenvalue weighted by Crippen LogP contribution is -2.33. The van der Waals surface area contributed by atoms with Crippen LogP contribution in [0.1, 0.15) is 41.2 Å². The second-order valence-electron chi connectivity index (χ2n) is 9.50. The van der Waals surface area contributed by atoms with Gasteiger partial charge in [-0.3, -0.25) is 4.79 Å². The molecule has 0 aliphatic carbocycles. The van der Waals surface area contributed by atoms with Crippen molar-refractivity contribution < 1.29 is 22.3 Å². The summed E-state index contributed by atoms with van der Waals surface area (Å²) in [6.07, 6.45) is 0.192. The number of benzene rings is 3. The molecule has 2 heterocycles. The van der Waals surface area contributed by atoms with E-state index in [4.69, 9.17) is 4.74 Å². The van der Waals surface area contributed by atoms with Crippen molar-refractivity contribution in [2.24, 2.45) is 0 Å². The maximum atomic E-state index is 15.3. The molecule has 0 unspecified atom stereocenters. The summed E-state index contributed by atoms with van der Waals surface area (Å²) in [5.41, 5.74) is 4.90. The van der Waals surface area contributed by atoms with Crippen LogP contribution < -0.4 is 10.1 Å². The standard InChI is InChI=1S/C29H31FN4O4S/c1-4-21-22(8-11-26(28(21)30)39(36,37)5-2)29(35)34-12-13-38-25-10-7-18(14-20(25)17-34)19-6-9-23-24(15-19)33-27(32-23)16-31-3/h6-11,14-15,31H,4-5,12-13,16-17H2,1-3H3,(H,32,33). The minimum Gasteiger partial charge on any atom is -0.491 e. The van der Waals surface area contributed by atoms with Crippen molar-refractivity contribution in [2.75, 3.05) is 26.0 Å². The van der Waals surface area contributed by atoms with Gasteiger partial charge in [0.15, 0.2) is 9.84 Å². The van der Waals surface area contributed by atoms with Crippen LogP contribution in [0.3, 0.4) is 0 Å². The van der Waals surface area contributed by atoms with Gasteiger partial charge in [0.2, 0.25) is 0 Å². The van der Waals surface area contributed by atoms with E-state index in [1.807, 2.05) is 43.4 Å². The Morgan fingerprint density at radius 1 is 1.13 bits per heavy atom. The number of aromatic amines is 1. The predicted molar refractivity (Wildman–Crippen MR) is 148 cm³/mol. The molecule has 0 radical (unpaired) electrons. The molecule has 0 saturated carbocycles. The largest absolute Gasteiger partial charge is 0.491 e. The zero-order valence-electron chi connectivity index (χ0n) is 22.2. The Morgan fingerprint density at radius 3 is 2.64 bits per heavy atom. The van der Waals surface area contributed by atoms with Gasteiger partial charge in [0.25, 0.3) is 5.91 Å². The lowest BCUT2D eigenvalue weighted by molar-refractivity contribution is 0.0731. The van der Waals surface area contributed by atoms with E-state index in [0.717, 1.165) is 33.5 Å². The number of sulfone groups is 1. The smallest absolute Gasteiger partial charge is 0.254 e. The first-order chi connectivity index (χ1) is 18.7. The number of imidazole rings is 1. The molecule has 0 saturated heterocycles. The topological polar surface area (TPSA) is 104 Å². The van der Waals surface area contributed by atoms with Gasteiger partial charge in [-0.15, -0.1) is 0 Å². The summed E-state index contributed by atoms with van der Waals surface area (Å²) in [5, 5.41) is 3.09. The summed E-state index contributed by atoms with van der Waals surface area (Å²) < 4.78 is 45.9. The van der Waals surface area contributed by atoms with Gasteiger partial charge in [-0.05, 0) is 61.0 Å². The second-order valence-corrected chi connectivity index (χ2v) is 11.8. The molecule has 0 atom stereocenters. The van der Waals surface area contributed by atoms with E-state index in [0.29, 0.717) is 25.4 Å². The van der Waals surface area contributed by atoms with Crippen LogP contribution >= 0.6 is 0 Å². The van der Waals surface area contributed by atoms with Crippen LogP contribution in [-0.4, -0.2) is 55.1 Å². The number of amides is 1. The molecular formula is C29H31FN4O4S. The molecule has 1 aromatic heterocycles. The molecule has 8 nitrogen and oxygen atoms in total. The van der Waals surface area contributed by atoms with Crippen LogP contribution in [0.5, 0.6) is 5.75 Å². The molecule has 4 aromatic rings. The number of carbonyl (C=O) groups is 1. The molecule has 3 aromatic carbocycles. The molecular weight excluding hydrogens is 519 g/mol. The minimum atomic E-state index is -3.75. The highest BCUT2D eigenvalue weighted by atomic mass is 32.2. The first kappa shape index (κ1) is 26.8. The normalized spacial score (nSPS) is 13.7. The summed E-state index contributed by atoms with van der Waals surface area (Å²) in [6.45, 7) is 4.71. The third-order valence-corrected chi connectivity index (χ3v) is 8.79. The van der Waals surface area contributed by atoms with Crippen molar-refractivity contribution in [3.8, 4) is 16.9 Å². The lowest BCUT2D eigenvalue weighted by Gasteiger charge is -2.22.